The Bertz CT molecular complexity index is 948. The van der Waals surface area contributed by atoms with Crippen molar-refractivity contribution < 1.29 is 9.59 Å². The van der Waals surface area contributed by atoms with Gasteiger partial charge in [-0.3, -0.25) is 9.59 Å². The smallest absolute Gasteiger partial charge is 0.281 e. The second-order valence-electron chi connectivity index (χ2n) is 5.23. The van der Waals surface area contributed by atoms with E-state index in [0.29, 0.717) is 5.01 Å². The summed E-state index contributed by atoms with van der Waals surface area (Å²) in [7, 11) is 0. The minimum atomic E-state index is -0.225. The first-order chi connectivity index (χ1) is 12.1. The maximum absolute atomic E-state index is 12.1. The molecule has 0 spiro atoms. The largest absolute Gasteiger partial charge is 0.339 e. The number of amides is 2. The molecule has 3 aromatic rings. The van der Waals surface area contributed by atoms with Crippen LogP contribution in [0.3, 0.4) is 0 Å². The molecule has 0 saturated heterocycles. The predicted molar refractivity (Wildman–Crippen MR) is 99.6 cm³/mol. The molecule has 0 aliphatic carbocycles. The van der Waals surface area contributed by atoms with Gasteiger partial charge in [0.15, 0.2) is 5.01 Å². The van der Waals surface area contributed by atoms with Crippen molar-refractivity contribution in [2.45, 2.75) is 6.92 Å². The Balaban J connectivity index is 1.56. The van der Waals surface area contributed by atoms with E-state index in [1.54, 1.807) is 12.1 Å². The third-order valence-electron chi connectivity index (χ3n) is 3.26. The third kappa shape index (κ3) is 4.43. The van der Waals surface area contributed by atoms with Crippen LogP contribution in [0.25, 0.3) is 10.2 Å². The van der Waals surface area contributed by atoms with Gasteiger partial charge in [-0.25, -0.2) is 4.98 Å². The van der Waals surface area contributed by atoms with Crippen LogP contribution in [0.15, 0.2) is 48.5 Å². The number of benzene rings is 2. The molecule has 25 heavy (non-hydrogen) atoms. The number of carbonyl (C=O) groups is 2. The highest BCUT2D eigenvalue weighted by molar-refractivity contribution is 7.20. The highest BCUT2D eigenvalue weighted by atomic mass is 32.1. The van der Waals surface area contributed by atoms with E-state index in [1.165, 1.54) is 18.3 Å². The summed E-state index contributed by atoms with van der Waals surface area (Å²) in [6, 6.07) is 14.8. The fourth-order valence-electron chi connectivity index (χ4n) is 2.16. The molecule has 2 aromatic carbocycles. The van der Waals surface area contributed by atoms with E-state index in [4.69, 9.17) is 0 Å². The van der Waals surface area contributed by atoms with E-state index in [2.05, 4.69) is 27.5 Å². The third-order valence-corrected chi connectivity index (χ3v) is 4.30. The quantitative estimate of drug-likeness (QED) is 0.714. The summed E-state index contributed by atoms with van der Waals surface area (Å²) in [4.78, 5) is 27.4. The number of nitrogens with one attached hydrogen (secondary N) is 2. The summed E-state index contributed by atoms with van der Waals surface area (Å²) < 4.78 is 0.984. The molecule has 1 heterocycles. The van der Waals surface area contributed by atoms with Crippen molar-refractivity contribution >= 4 is 39.1 Å². The lowest BCUT2D eigenvalue weighted by atomic mass is 10.2. The number of hydrogen-bond donors (Lipinski definition) is 2. The first kappa shape index (κ1) is 16.7. The maximum atomic E-state index is 12.1. The standard InChI is InChI=1S/C19H15N3O2S/c1-13(23)21-15-10-8-14(9-11-15)5-4-12-20-18(24)19-22-16-6-2-3-7-17(16)25-19/h2-3,6-11H,12H2,1H3,(H,20,24)(H,21,23). The lowest BCUT2D eigenvalue weighted by Crippen LogP contribution is -2.23. The summed E-state index contributed by atoms with van der Waals surface area (Å²) in [6.45, 7) is 1.70. The first-order valence-electron chi connectivity index (χ1n) is 7.62. The zero-order valence-electron chi connectivity index (χ0n) is 13.5. The van der Waals surface area contributed by atoms with Gasteiger partial charge in [0.1, 0.15) is 0 Å². The number of nitrogens with zero attached hydrogens (tertiary/aromatic N) is 1. The second kappa shape index (κ2) is 7.60. The van der Waals surface area contributed by atoms with Crippen molar-refractivity contribution in [2.75, 3.05) is 11.9 Å². The molecule has 0 aliphatic heterocycles. The topological polar surface area (TPSA) is 71.1 Å². The van der Waals surface area contributed by atoms with Crippen LogP contribution < -0.4 is 10.6 Å². The highest BCUT2D eigenvalue weighted by Gasteiger charge is 2.10. The molecule has 0 saturated carbocycles. The minimum absolute atomic E-state index is 0.114. The number of anilines is 1. The van der Waals surface area contributed by atoms with Crippen molar-refractivity contribution in [1.82, 2.24) is 10.3 Å². The average molecular weight is 349 g/mol. The van der Waals surface area contributed by atoms with Gasteiger partial charge in [0, 0.05) is 18.2 Å². The van der Waals surface area contributed by atoms with Gasteiger partial charge in [0.25, 0.3) is 5.91 Å². The van der Waals surface area contributed by atoms with Crippen LogP contribution in [-0.4, -0.2) is 23.3 Å². The number of hydrogen-bond acceptors (Lipinski definition) is 4. The van der Waals surface area contributed by atoms with E-state index in [9.17, 15) is 9.59 Å². The van der Waals surface area contributed by atoms with Crippen LogP contribution >= 0.6 is 11.3 Å². The fourth-order valence-corrected chi connectivity index (χ4v) is 3.04. The van der Waals surface area contributed by atoms with Gasteiger partial charge in [-0.2, -0.15) is 0 Å². The molecular weight excluding hydrogens is 334 g/mol. The lowest BCUT2D eigenvalue weighted by Gasteiger charge is -2.00. The van der Waals surface area contributed by atoms with Crippen molar-refractivity contribution in [1.29, 1.82) is 0 Å². The van der Waals surface area contributed by atoms with E-state index >= 15 is 0 Å². The normalized spacial score (nSPS) is 9.96. The summed E-state index contributed by atoms with van der Waals surface area (Å²) >= 11 is 1.36. The predicted octanol–water partition coefficient (Wildman–Crippen LogP) is 3.04. The van der Waals surface area contributed by atoms with Crippen molar-refractivity contribution in [2.24, 2.45) is 0 Å². The molecular formula is C19H15N3O2S. The number of thiazole rings is 1. The van der Waals surface area contributed by atoms with Crippen LogP contribution in [0.4, 0.5) is 5.69 Å². The lowest BCUT2D eigenvalue weighted by molar-refractivity contribution is -0.114. The minimum Gasteiger partial charge on any atom is -0.339 e. The Morgan fingerprint density at radius 1 is 1.12 bits per heavy atom. The molecule has 6 heteroatoms. The van der Waals surface area contributed by atoms with E-state index in [0.717, 1.165) is 21.5 Å². The Morgan fingerprint density at radius 2 is 1.88 bits per heavy atom. The van der Waals surface area contributed by atoms with Crippen LogP contribution in [-0.2, 0) is 4.79 Å². The SMILES string of the molecule is CC(=O)Nc1ccc(C#CCNC(=O)c2nc3ccccc3s2)cc1. The summed E-state index contributed by atoms with van der Waals surface area (Å²) in [5.41, 5.74) is 2.36. The fraction of sp³-hybridized carbons (Fsp3) is 0.105. The number of rotatable bonds is 3. The molecule has 0 unspecified atom stereocenters. The van der Waals surface area contributed by atoms with Crippen molar-refractivity contribution in [3.8, 4) is 11.8 Å². The molecule has 3 rings (SSSR count). The molecule has 0 bridgehead atoms. The molecule has 0 fully saturated rings. The van der Waals surface area contributed by atoms with Gasteiger partial charge < -0.3 is 10.6 Å². The van der Waals surface area contributed by atoms with Crippen molar-refractivity contribution in [3.63, 3.8) is 0 Å². The molecule has 0 radical (unpaired) electrons. The Kier molecular flexibility index (Phi) is 5.07. The second-order valence-corrected chi connectivity index (χ2v) is 6.26. The summed E-state index contributed by atoms with van der Waals surface area (Å²) in [5, 5.41) is 5.87. The molecule has 0 atom stereocenters. The first-order valence-corrected chi connectivity index (χ1v) is 8.44. The number of para-hydroxylation sites is 1. The zero-order chi connectivity index (χ0) is 17.6. The highest BCUT2D eigenvalue weighted by Crippen LogP contribution is 2.21. The van der Waals surface area contributed by atoms with E-state index in [-0.39, 0.29) is 18.4 Å². The molecule has 0 aliphatic rings. The van der Waals surface area contributed by atoms with Gasteiger partial charge in [-0.15, -0.1) is 11.3 Å². The Morgan fingerprint density at radius 3 is 2.60 bits per heavy atom. The van der Waals surface area contributed by atoms with Gasteiger partial charge in [0.2, 0.25) is 5.91 Å². The van der Waals surface area contributed by atoms with Crippen LogP contribution in [0.1, 0.15) is 22.3 Å². The Labute approximate surface area is 149 Å². The monoisotopic (exact) mass is 349 g/mol. The zero-order valence-corrected chi connectivity index (χ0v) is 14.3. The summed E-state index contributed by atoms with van der Waals surface area (Å²) in [5.74, 6) is 5.53. The number of aromatic nitrogens is 1. The van der Waals surface area contributed by atoms with Crippen LogP contribution in [0, 0.1) is 11.8 Å². The summed E-state index contributed by atoms with van der Waals surface area (Å²) in [6.07, 6.45) is 0. The van der Waals surface area contributed by atoms with Gasteiger partial charge >= 0.3 is 0 Å². The molecule has 2 amide bonds. The van der Waals surface area contributed by atoms with Gasteiger partial charge in [0.05, 0.1) is 16.8 Å². The number of carbonyl (C=O) groups excluding carboxylic acids is 2. The molecule has 2 N–H and O–H groups in total. The molecule has 1 aromatic heterocycles. The van der Waals surface area contributed by atoms with Crippen LogP contribution in [0.2, 0.25) is 0 Å². The average Bonchev–Trinajstić information content (AvgIpc) is 3.04. The molecule has 124 valence electrons. The van der Waals surface area contributed by atoms with Crippen LogP contribution in [0.5, 0.6) is 0 Å². The number of fused-ring (bicyclic) bond motifs is 1. The Hall–Kier alpha value is -3.17. The maximum Gasteiger partial charge on any atom is 0.281 e. The van der Waals surface area contributed by atoms with Gasteiger partial charge in [-0.1, -0.05) is 24.0 Å². The van der Waals surface area contributed by atoms with E-state index < -0.39 is 0 Å². The van der Waals surface area contributed by atoms with Gasteiger partial charge in [-0.05, 0) is 36.4 Å². The molecule has 5 nitrogen and oxygen atoms in total. The van der Waals surface area contributed by atoms with E-state index in [1.807, 2.05) is 36.4 Å². The van der Waals surface area contributed by atoms with Crippen molar-refractivity contribution in [3.05, 3.63) is 59.1 Å².